The van der Waals surface area contributed by atoms with Gasteiger partial charge in [-0.3, -0.25) is 0 Å². The van der Waals surface area contributed by atoms with Crippen LogP contribution in [-0.4, -0.2) is 24.7 Å². The van der Waals surface area contributed by atoms with E-state index in [0.29, 0.717) is 17.2 Å². The molecular weight excluding hydrogens is 386 g/mol. The van der Waals surface area contributed by atoms with Crippen molar-refractivity contribution in [2.24, 2.45) is 0 Å². The van der Waals surface area contributed by atoms with Gasteiger partial charge in [-0.2, -0.15) is 0 Å². The van der Waals surface area contributed by atoms with E-state index in [2.05, 4.69) is 10.9 Å². The van der Waals surface area contributed by atoms with Gasteiger partial charge in [0, 0.05) is 0 Å². The second kappa shape index (κ2) is 9.28. The Morgan fingerprint density at radius 1 is 1.19 bits per heavy atom. The number of benzene rings is 2. The molecule has 6 nitrogen and oxygen atoms in total. The summed E-state index contributed by atoms with van der Waals surface area (Å²) in [5.41, 5.74) is 5.92. The molecule has 2 aromatic carbocycles. The fourth-order valence-corrected chi connectivity index (χ4v) is 2.22. The SMILES string of the molecule is COc1ccc(O/C(C(=O)O)=C(/Cl)CNNc2ccc(F)c(Cl)c2)cc1. The zero-order valence-electron chi connectivity index (χ0n) is 13.6. The van der Waals surface area contributed by atoms with Crippen LogP contribution in [0.2, 0.25) is 5.02 Å². The molecule has 0 aliphatic heterocycles. The quantitative estimate of drug-likeness (QED) is 0.352. The molecule has 0 spiro atoms. The summed E-state index contributed by atoms with van der Waals surface area (Å²) in [5.74, 6) is -1.40. The minimum Gasteiger partial charge on any atom is -0.497 e. The average Bonchev–Trinajstić information content (AvgIpc) is 2.62. The lowest BCUT2D eigenvalue weighted by Gasteiger charge is -2.12. The van der Waals surface area contributed by atoms with Crippen molar-refractivity contribution in [2.45, 2.75) is 0 Å². The van der Waals surface area contributed by atoms with Crippen LogP contribution in [0.1, 0.15) is 0 Å². The zero-order chi connectivity index (χ0) is 19.1. The molecule has 0 saturated carbocycles. The van der Waals surface area contributed by atoms with E-state index in [0.717, 1.165) is 0 Å². The van der Waals surface area contributed by atoms with Crippen molar-refractivity contribution in [1.82, 2.24) is 5.43 Å². The highest BCUT2D eigenvalue weighted by molar-refractivity contribution is 6.31. The number of carboxylic acids is 1. The largest absolute Gasteiger partial charge is 0.497 e. The van der Waals surface area contributed by atoms with Gasteiger partial charge in [-0.05, 0) is 42.5 Å². The summed E-state index contributed by atoms with van der Waals surface area (Å²) in [5, 5.41) is 9.17. The molecule has 0 aliphatic rings. The molecule has 138 valence electrons. The maximum atomic E-state index is 13.1. The minimum absolute atomic E-state index is 0.0486. The summed E-state index contributed by atoms with van der Waals surface area (Å²) in [4.78, 5) is 11.4. The van der Waals surface area contributed by atoms with Crippen LogP contribution in [0.5, 0.6) is 11.5 Å². The number of nitrogens with one attached hydrogen (secondary N) is 2. The number of ether oxygens (including phenoxy) is 2. The van der Waals surface area contributed by atoms with Gasteiger partial charge in [-0.1, -0.05) is 23.2 Å². The van der Waals surface area contributed by atoms with E-state index in [1.54, 1.807) is 24.3 Å². The molecule has 0 saturated heterocycles. The van der Waals surface area contributed by atoms with Gasteiger partial charge in [0.1, 0.15) is 17.3 Å². The zero-order valence-corrected chi connectivity index (χ0v) is 15.1. The molecule has 0 aromatic heterocycles. The number of rotatable bonds is 8. The first-order chi connectivity index (χ1) is 12.4. The highest BCUT2D eigenvalue weighted by Crippen LogP contribution is 2.22. The summed E-state index contributed by atoms with van der Waals surface area (Å²) in [6, 6.07) is 10.4. The first-order valence-electron chi connectivity index (χ1n) is 7.28. The molecule has 0 fully saturated rings. The van der Waals surface area contributed by atoms with E-state index in [-0.39, 0.29) is 16.6 Å². The Hall–Kier alpha value is -2.48. The van der Waals surface area contributed by atoms with E-state index in [1.807, 2.05) is 0 Å². The van der Waals surface area contributed by atoms with Gasteiger partial charge in [0.25, 0.3) is 0 Å². The van der Waals surface area contributed by atoms with Crippen LogP contribution in [-0.2, 0) is 4.79 Å². The van der Waals surface area contributed by atoms with Crippen LogP contribution < -0.4 is 20.3 Å². The van der Waals surface area contributed by atoms with Crippen LogP contribution in [0.4, 0.5) is 10.1 Å². The van der Waals surface area contributed by atoms with Crippen molar-refractivity contribution in [3.8, 4) is 11.5 Å². The van der Waals surface area contributed by atoms with Crippen molar-refractivity contribution < 1.29 is 23.8 Å². The van der Waals surface area contributed by atoms with Gasteiger partial charge in [0.05, 0.1) is 29.4 Å². The number of hydrogen-bond donors (Lipinski definition) is 3. The first kappa shape index (κ1) is 19.8. The number of methoxy groups -OCH3 is 1. The molecule has 2 rings (SSSR count). The van der Waals surface area contributed by atoms with Crippen molar-refractivity contribution in [2.75, 3.05) is 19.1 Å². The third-order valence-electron chi connectivity index (χ3n) is 3.12. The highest BCUT2D eigenvalue weighted by atomic mass is 35.5. The Morgan fingerprint density at radius 3 is 2.42 bits per heavy atom. The monoisotopic (exact) mass is 400 g/mol. The number of carboxylic acid groups (broad SMARTS) is 1. The predicted octanol–water partition coefficient (Wildman–Crippen LogP) is 4.02. The van der Waals surface area contributed by atoms with E-state index in [4.69, 9.17) is 32.7 Å². The second-order valence-corrected chi connectivity index (χ2v) is 5.79. The molecule has 0 aliphatic carbocycles. The fourth-order valence-electron chi connectivity index (χ4n) is 1.85. The predicted molar refractivity (Wildman–Crippen MR) is 97.2 cm³/mol. The van der Waals surface area contributed by atoms with Crippen molar-refractivity contribution in [3.05, 3.63) is 64.1 Å². The van der Waals surface area contributed by atoms with E-state index >= 15 is 0 Å². The van der Waals surface area contributed by atoms with E-state index < -0.39 is 17.5 Å². The summed E-state index contributed by atoms with van der Waals surface area (Å²) < 4.78 is 23.4. The highest BCUT2D eigenvalue weighted by Gasteiger charge is 2.16. The molecule has 0 heterocycles. The van der Waals surface area contributed by atoms with Crippen LogP contribution in [0.25, 0.3) is 0 Å². The molecule has 0 unspecified atom stereocenters. The van der Waals surface area contributed by atoms with Crippen molar-refractivity contribution in [3.63, 3.8) is 0 Å². The third kappa shape index (κ3) is 5.52. The number of carbonyl (C=O) groups is 1. The Morgan fingerprint density at radius 2 is 1.85 bits per heavy atom. The first-order valence-corrected chi connectivity index (χ1v) is 8.04. The Kier molecular flexibility index (Phi) is 7.08. The van der Waals surface area contributed by atoms with E-state index in [1.165, 1.54) is 25.3 Å². The summed E-state index contributed by atoms with van der Waals surface area (Å²) >= 11 is 11.7. The Bertz CT molecular complexity index is 813. The van der Waals surface area contributed by atoms with Crippen molar-refractivity contribution in [1.29, 1.82) is 0 Å². The number of hydrazine groups is 1. The normalized spacial score (nSPS) is 11.5. The lowest BCUT2D eigenvalue weighted by atomic mass is 10.3. The standard InChI is InChI=1S/C17H15Cl2FN2O4/c1-25-11-3-5-12(6-4-11)26-16(17(23)24)14(19)9-21-22-10-2-7-15(20)13(18)8-10/h2-8,21-22H,9H2,1H3,(H,23,24)/b16-14+. The molecule has 2 aromatic rings. The Labute approximate surface area is 159 Å². The van der Waals surface area contributed by atoms with Gasteiger partial charge in [-0.25, -0.2) is 14.6 Å². The number of anilines is 1. The molecule has 0 bridgehead atoms. The maximum Gasteiger partial charge on any atom is 0.373 e. The summed E-state index contributed by atoms with van der Waals surface area (Å²) in [7, 11) is 1.52. The second-order valence-electron chi connectivity index (χ2n) is 4.92. The smallest absolute Gasteiger partial charge is 0.373 e. The summed E-state index contributed by atoms with van der Waals surface area (Å²) in [6.07, 6.45) is 0. The summed E-state index contributed by atoms with van der Waals surface area (Å²) in [6.45, 7) is -0.0612. The molecule has 0 amide bonds. The van der Waals surface area contributed by atoms with Gasteiger partial charge < -0.3 is 20.0 Å². The maximum absolute atomic E-state index is 13.1. The third-order valence-corrected chi connectivity index (χ3v) is 3.71. The topological polar surface area (TPSA) is 79.8 Å². The molecule has 26 heavy (non-hydrogen) atoms. The number of hydrogen-bond acceptors (Lipinski definition) is 5. The molecule has 9 heteroatoms. The van der Waals surface area contributed by atoms with Crippen LogP contribution in [0.3, 0.4) is 0 Å². The van der Waals surface area contributed by atoms with Crippen LogP contribution >= 0.6 is 23.2 Å². The van der Waals surface area contributed by atoms with Gasteiger partial charge in [0.15, 0.2) is 0 Å². The van der Waals surface area contributed by atoms with E-state index in [9.17, 15) is 14.3 Å². The average molecular weight is 401 g/mol. The van der Waals surface area contributed by atoms with Gasteiger partial charge in [-0.15, -0.1) is 0 Å². The molecule has 0 radical (unpaired) electrons. The molecule has 0 atom stereocenters. The van der Waals surface area contributed by atoms with Crippen molar-refractivity contribution >= 4 is 34.9 Å². The number of halogens is 3. The lowest BCUT2D eigenvalue weighted by Crippen LogP contribution is -2.25. The van der Waals surface area contributed by atoms with Gasteiger partial charge in [0.2, 0.25) is 5.76 Å². The minimum atomic E-state index is -1.32. The lowest BCUT2D eigenvalue weighted by molar-refractivity contribution is -0.135. The fraction of sp³-hybridized carbons (Fsp3) is 0.118. The Balaban J connectivity index is 2.02. The van der Waals surface area contributed by atoms with Crippen LogP contribution in [0.15, 0.2) is 53.3 Å². The van der Waals surface area contributed by atoms with Gasteiger partial charge >= 0.3 is 5.97 Å². The molecule has 3 N–H and O–H groups in total. The van der Waals surface area contributed by atoms with Crippen LogP contribution in [0, 0.1) is 5.82 Å². The molecular formula is C17H15Cl2FN2O4. The number of aliphatic carboxylic acids is 1.